The molecular formula is C18H22FN5O2. The second kappa shape index (κ2) is 7.55. The van der Waals surface area contributed by atoms with Gasteiger partial charge in [-0.1, -0.05) is 12.1 Å². The zero-order chi connectivity index (χ0) is 18.7. The standard InChI is InChI=1S/C18H22FN5O2/c1-13-11-16(22(2)21-13)18(26)20-12-17(25)24-9-7-23(8-10-24)15-6-4-3-5-14(15)19/h3-6,11H,7-10,12H2,1-2H3,(H,20,26). The fraction of sp³-hybridized carbons (Fsp3) is 0.389. The van der Waals surface area contributed by atoms with Gasteiger partial charge in [0.1, 0.15) is 11.5 Å². The van der Waals surface area contributed by atoms with Crippen molar-refractivity contribution < 1.29 is 14.0 Å². The molecule has 0 bridgehead atoms. The minimum Gasteiger partial charge on any atom is -0.366 e. The highest BCUT2D eigenvalue weighted by atomic mass is 19.1. The molecule has 1 aliphatic heterocycles. The van der Waals surface area contributed by atoms with E-state index in [1.807, 2.05) is 4.90 Å². The Labute approximate surface area is 151 Å². The first-order chi connectivity index (χ1) is 12.5. The summed E-state index contributed by atoms with van der Waals surface area (Å²) in [5.41, 5.74) is 1.72. The topological polar surface area (TPSA) is 70.5 Å². The third kappa shape index (κ3) is 3.84. The van der Waals surface area contributed by atoms with Gasteiger partial charge in [-0.15, -0.1) is 0 Å². The van der Waals surface area contributed by atoms with Crippen LogP contribution in [0, 0.1) is 12.7 Å². The molecule has 7 nitrogen and oxygen atoms in total. The number of amides is 2. The Balaban J connectivity index is 1.50. The maximum Gasteiger partial charge on any atom is 0.269 e. The summed E-state index contributed by atoms with van der Waals surface area (Å²) in [4.78, 5) is 28.1. The molecule has 2 heterocycles. The van der Waals surface area contributed by atoms with E-state index in [1.165, 1.54) is 10.7 Å². The van der Waals surface area contributed by atoms with Crippen LogP contribution in [0.5, 0.6) is 0 Å². The van der Waals surface area contributed by atoms with Gasteiger partial charge in [0.05, 0.1) is 17.9 Å². The summed E-state index contributed by atoms with van der Waals surface area (Å²) in [5.74, 6) is -0.733. The maximum atomic E-state index is 13.9. The van der Waals surface area contributed by atoms with Crippen LogP contribution in [0.1, 0.15) is 16.2 Å². The Morgan fingerprint density at radius 1 is 1.19 bits per heavy atom. The normalized spacial score (nSPS) is 14.4. The van der Waals surface area contributed by atoms with Crippen LogP contribution < -0.4 is 10.2 Å². The van der Waals surface area contributed by atoms with E-state index < -0.39 is 0 Å². The van der Waals surface area contributed by atoms with Crippen molar-refractivity contribution in [1.29, 1.82) is 0 Å². The predicted octanol–water partition coefficient (Wildman–Crippen LogP) is 0.946. The number of nitrogens with zero attached hydrogens (tertiary/aromatic N) is 4. The van der Waals surface area contributed by atoms with Crippen LogP contribution >= 0.6 is 0 Å². The van der Waals surface area contributed by atoms with E-state index in [-0.39, 0.29) is 24.2 Å². The predicted molar refractivity (Wildman–Crippen MR) is 95.5 cm³/mol. The van der Waals surface area contributed by atoms with Crippen molar-refractivity contribution in [3.05, 3.63) is 47.5 Å². The lowest BCUT2D eigenvalue weighted by Gasteiger charge is -2.36. The molecule has 2 amide bonds. The number of piperazine rings is 1. The molecule has 0 aliphatic carbocycles. The number of aryl methyl sites for hydroxylation is 2. The molecule has 3 rings (SSSR count). The smallest absolute Gasteiger partial charge is 0.269 e. The van der Waals surface area contributed by atoms with Crippen molar-refractivity contribution in [2.24, 2.45) is 7.05 Å². The van der Waals surface area contributed by atoms with Gasteiger partial charge in [-0.3, -0.25) is 14.3 Å². The Morgan fingerprint density at radius 2 is 1.88 bits per heavy atom. The number of halogens is 1. The molecule has 1 saturated heterocycles. The summed E-state index contributed by atoms with van der Waals surface area (Å²) in [6, 6.07) is 8.30. The van der Waals surface area contributed by atoms with Gasteiger partial charge in [0.25, 0.3) is 5.91 Å². The van der Waals surface area contributed by atoms with Crippen LogP contribution in [0.4, 0.5) is 10.1 Å². The third-order valence-corrected chi connectivity index (χ3v) is 4.46. The molecule has 0 radical (unpaired) electrons. The van der Waals surface area contributed by atoms with Crippen LogP contribution in [-0.4, -0.2) is 59.2 Å². The minimum atomic E-state index is -0.327. The summed E-state index contributed by atoms with van der Waals surface area (Å²) in [6.45, 7) is 3.84. The summed E-state index contributed by atoms with van der Waals surface area (Å²) < 4.78 is 15.3. The number of carbonyl (C=O) groups excluding carboxylic acids is 2. The Bertz CT molecular complexity index is 812. The maximum absolute atomic E-state index is 13.9. The van der Waals surface area contributed by atoms with Gasteiger partial charge in [0.2, 0.25) is 5.91 Å². The molecule has 1 fully saturated rings. The van der Waals surface area contributed by atoms with Crippen LogP contribution in [0.2, 0.25) is 0 Å². The molecule has 138 valence electrons. The minimum absolute atomic E-state index is 0.0667. The molecule has 1 aliphatic rings. The fourth-order valence-electron chi connectivity index (χ4n) is 3.09. The first kappa shape index (κ1) is 17.9. The number of hydrogen-bond donors (Lipinski definition) is 1. The number of rotatable bonds is 4. The molecule has 8 heteroatoms. The second-order valence-corrected chi connectivity index (χ2v) is 6.30. The van der Waals surface area contributed by atoms with Crippen LogP contribution in [0.25, 0.3) is 0 Å². The first-order valence-electron chi connectivity index (χ1n) is 8.52. The van der Waals surface area contributed by atoms with E-state index in [4.69, 9.17) is 0 Å². The molecule has 0 atom stereocenters. The monoisotopic (exact) mass is 359 g/mol. The van der Waals surface area contributed by atoms with Crippen LogP contribution in [-0.2, 0) is 11.8 Å². The first-order valence-corrected chi connectivity index (χ1v) is 8.52. The molecule has 0 unspecified atom stereocenters. The zero-order valence-electron chi connectivity index (χ0n) is 14.9. The van der Waals surface area contributed by atoms with Crippen molar-refractivity contribution in [3.8, 4) is 0 Å². The quantitative estimate of drug-likeness (QED) is 0.882. The Hall–Kier alpha value is -2.90. The van der Waals surface area contributed by atoms with Crippen LogP contribution in [0.15, 0.2) is 30.3 Å². The largest absolute Gasteiger partial charge is 0.366 e. The third-order valence-electron chi connectivity index (χ3n) is 4.46. The van der Waals surface area contributed by atoms with Gasteiger partial charge in [0.15, 0.2) is 0 Å². The fourth-order valence-corrected chi connectivity index (χ4v) is 3.09. The van der Waals surface area contributed by atoms with E-state index in [2.05, 4.69) is 10.4 Å². The van der Waals surface area contributed by atoms with Gasteiger partial charge in [-0.2, -0.15) is 5.10 Å². The lowest BCUT2D eigenvalue weighted by molar-refractivity contribution is -0.130. The number of aromatic nitrogens is 2. The highest BCUT2D eigenvalue weighted by Gasteiger charge is 2.23. The number of anilines is 1. The average Bonchev–Trinajstić information content (AvgIpc) is 2.98. The van der Waals surface area contributed by atoms with E-state index in [0.29, 0.717) is 37.6 Å². The molecule has 0 saturated carbocycles. The van der Waals surface area contributed by atoms with Crippen LogP contribution in [0.3, 0.4) is 0 Å². The number of benzene rings is 1. The van der Waals surface area contributed by atoms with Crippen molar-refractivity contribution in [3.63, 3.8) is 0 Å². The average molecular weight is 359 g/mol. The van der Waals surface area contributed by atoms with Gasteiger partial charge in [-0.25, -0.2) is 4.39 Å². The van der Waals surface area contributed by atoms with Gasteiger partial charge in [-0.05, 0) is 25.1 Å². The lowest BCUT2D eigenvalue weighted by atomic mass is 10.2. The number of hydrogen-bond acceptors (Lipinski definition) is 4. The summed E-state index contributed by atoms with van der Waals surface area (Å²) in [7, 11) is 1.69. The number of para-hydroxylation sites is 1. The van der Waals surface area contributed by atoms with Gasteiger partial charge < -0.3 is 15.1 Å². The van der Waals surface area contributed by atoms with E-state index in [9.17, 15) is 14.0 Å². The molecule has 1 N–H and O–H groups in total. The van der Waals surface area contributed by atoms with E-state index in [0.717, 1.165) is 5.69 Å². The van der Waals surface area contributed by atoms with Crippen molar-refractivity contribution >= 4 is 17.5 Å². The molecule has 0 spiro atoms. The van der Waals surface area contributed by atoms with Crippen molar-refractivity contribution in [2.45, 2.75) is 6.92 Å². The molecule has 1 aromatic heterocycles. The van der Waals surface area contributed by atoms with Gasteiger partial charge >= 0.3 is 0 Å². The van der Waals surface area contributed by atoms with Crippen molar-refractivity contribution in [2.75, 3.05) is 37.6 Å². The molecule has 26 heavy (non-hydrogen) atoms. The summed E-state index contributed by atoms with van der Waals surface area (Å²) >= 11 is 0. The highest BCUT2D eigenvalue weighted by Crippen LogP contribution is 2.20. The number of carbonyl (C=O) groups is 2. The SMILES string of the molecule is Cc1cc(C(=O)NCC(=O)N2CCN(c3ccccc3F)CC2)n(C)n1. The summed E-state index contributed by atoms with van der Waals surface area (Å²) in [5, 5.41) is 6.76. The number of nitrogens with one attached hydrogen (secondary N) is 1. The molecule has 2 aromatic rings. The second-order valence-electron chi connectivity index (χ2n) is 6.30. The van der Waals surface area contributed by atoms with Crippen molar-refractivity contribution in [1.82, 2.24) is 20.0 Å². The van der Waals surface area contributed by atoms with Gasteiger partial charge in [0, 0.05) is 33.2 Å². The zero-order valence-corrected chi connectivity index (χ0v) is 14.9. The Kier molecular flexibility index (Phi) is 5.20. The van der Waals surface area contributed by atoms with E-state index in [1.54, 1.807) is 43.1 Å². The molecule has 1 aromatic carbocycles. The lowest BCUT2D eigenvalue weighted by Crippen LogP contribution is -2.51. The molecular weight excluding hydrogens is 337 g/mol. The Morgan fingerprint density at radius 3 is 2.50 bits per heavy atom. The van der Waals surface area contributed by atoms with E-state index >= 15 is 0 Å². The highest BCUT2D eigenvalue weighted by molar-refractivity contribution is 5.95. The summed E-state index contributed by atoms with van der Waals surface area (Å²) in [6.07, 6.45) is 0.